The van der Waals surface area contributed by atoms with Crippen molar-refractivity contribution in [2.24, 2.45) is 5.73 Å². The Morgan fingerprint density at radius 1 is 0.933 bits per heavy atom. The van der Waals surface area contributed by atoms with Crippen LogP contribution in [0.15, 0.2) is 120 Å². The molecule has 60 heavy (non-hydrogen) atoms. The third-order valence-corrected chi connectivity index (χ3v) is 17.5. The van der Waals surface area contributed by atoms with Gasteiger partial charge in [0.05, 0.1) is 25.2 Å². The van der Waals surface area contributed by atoms with Crippen molar-refractivity contribution >= 4 is 30.5 Å². The Kier molecular flexibility index (Phi) is 11.1. The van der Waals surface area contributed by atoms with Gasteiger partial charge in [-0.2, -0.15) is 5.06 Å². The van der Waals surface area contributed by atoms with E-state index in [0.29, 0.717) is 19.3 Å². The molecule has 3 aliphatic rings. The summed E-state index contributed by atoms with van der Waals surface area (Å²) in [5.41, 5.74) is 4.72. The maximum absolute atomic E-state index is 15.5. The van der Waals surface area contributed by atoms with Crippen LogP contribution in [-0.2, 0) is 22.4 Å². The lowest BCUT2D eigenvalue weighted by atomic mass is 9.83. The van der Waals surface area contributed by atoms with E-state index in [4.69, 9.17) is 19.7 Å². The van der Waals surface area contributed by atoms with Crippen molar-refractivity contribution in [2.45, 2.75) is 88.9 Å². The lowest BCUT2D eigenvalue weighted by molar-refractivity contribution is -0.229. The smallest absolute Gasteiger partial charge is 0.274 e. The van der Waals surface area contributed by atoms with Gasteiger partial charge in [0.25, 0.3) is 20.1 Å². The van der Waals surface area contributed by atoms with E-state index in [1.54, 1.807) is 14.5 Å². The fourth-order valence-electron chi connectivity index (χ4n) is 9.47. The first kappa shape index (κ1) is 41.3. The van der Waals surface area contributed by atoms with Crippen LogP contribution in [0.4, 0.5) is 8.78 Å². The molecule has 0 radical (unpaired) electrons. The molecule has 1 spiro atoms. The number of hydrogen-bond donors (Lipinski definition) is 1. The number of carbonyl (C=O) groups excluding carboxylic acids is 2. The van der Waals surface area contributed by atoms with Crippen molar-refractivity contribution < 1.29 is 32.4 Å². The molecule has 10 nitrogen and oxygen atoms in total. The van der Waals surface area contributed by atoms with Crippen LogP contribution in [0.3, 0.4) is 0 Å². The average molecular weight is 833 g/mol. The van der Waals surface area contributed by atoms with Crippen LogP contribution in [0.5, 0.6) is 5.75 Å². The highest BCUT2D eigenvalue weighted by atomic mass is 28.4. The maximum atomic E-state index is 15.5. The lowest BCUT2D eigenvalue weighted by Gasteiger charge is -2.44. The van der Waals surface area contributed by atoms with Crippen LogP contribution in [0.2, 0.25) is 5.04 Å². The number of rotatable bonds is 11. The predicted molar refractivity (Wildman–Crippen MR) is 226 cm³/mol. The van der Waals surface area contributed by atoms with Gasteiger partial charge < -0.3 is 24.4 Å². The molecule has 13 heteroatoms. The molecule has 0 aliphatic carbocycles. The molecule has 1 unspecified atom stereocenters. The van der Waals surface area contributed by atoms with Gasteiger partial charge >= 0.3 is 0 Å². The Bertz CT molecular complexity index is 2410. The van der Waals surface area contributed by atoms with Gasteiger partial charge in [-0.3, -0.25) is 19.2 Å². The summed E-state index contributed by atoms with van der Waals surface area (Å²) < 4.78 is 45.0. The van der Waals surface area contributed by atoms with Crippen molar-refractivity contribution in [1.29, 1.82) is 0 Å². The molecular formula is C47H50F2N4O6Si. The van der Waals surface area contributed by atoms with Crippen molar-refractivity contribution in [3.63, 3.8) is 0 Å². The minimum atomic E-state index is -3.07. The van der Waals surface area contributed by atoms with E-state index in [2.05, 4.69) is 45.0 Å². The molecule has 4 atom stereocenters. The normalized spacial score (nSPS) is 21.8. The number of nitrogens with zero attached hydrogens (tertiary/aromatic N) is 3. The number of nitrogens with two attached hydrogens (primary N) is 1. The van der Waals surface area contributed by atoms with Gasteiger partial charge in [-0.25, -0.2) is 8.78 Å². The van der Waals surface area contributed by atoms with Gasteiger partial charge in [-0.15, -0.1) is 0 Å². The molecule has 2 saturated heterocycles. The van der Waals surface area contributed by atoms with E-state index in [1.807, 2.05) is 73.7 Å². The number of aromatic nitrogens is 1. The van der Waals surface area contributed by atoms with Crippen LogP contribution >= 0.6 is 0 Å². The standard InChI is InChI=1S/C47H50F2N4O6Si/c1-31-22-23-47(40-28-51(31)45(56)41-43(57-29-32-14-8-5-9-15-32)42(54)38(44(50)55)27-52(40)41)25-35(53(59-47)26-33-20-21-34(48)24-39(33)49)30-58-60(46(2,3)4,36-16-10-6-11-17-36)37-18-12-7-13-19-37/h5-21,24,27,31,35,40H,22-23,25-26,28-30H2,1-4H3,(H2,50,55)/t31-,35?,40+,47+/m0/s1. The highest BCUT2D eigenvalue weighted by Gasteiger charge is 2.58. The number of pyridine rings is 1. The predicted octanol–water partition coefficient (Wildman–Crippen LogP) is 6.51. The molecule has 8 rings (SSSR count). The van der Waals surface area contributed by atoms with Crippen molar-refractivity contribution in [3.05, 3.63) is 160 Å². The number of amides is 2. The number of benzene rings is 4. The van der Waals surface area contributed by atoms with Crippen molar-refractivity contribution in [3.8, 4) is 5.75 Å². The molecule has 2 bridgehead atoms. The largest absolute Gasteiger partial charge is 0.483 e. The minimum absolute atomic E-state index is 0.0112. The third-order valence-electron chi connectivity index (χ3n) is 12.5. The van der Waals surface area contributed by atoms with Crippen LogP contribution < -0.4 is 26.3 Å². The molecule has 2 N–H and O–H groups in total. The van der Waals surface area contributed by atoms with Gasteiger partial charge in [-0.05, 0) is 46.8 Å². The third kappa shape index (κ3) is 7.37. The van der Waals surface area contributed by atoms with Gasteiger partial charge in [0.1, 0.15) is 29.4 Å². The molecule has 2 fully saturated rings. The summed E-state index contributed by atoms with van der Waals surface area (Å²) in [7, 11) is -3.07. The van der Waals surface area contributed by atoms with Crippen molar-refractivity contribution in [2.75, 3.05) is 13.2 Å². The molecule has 2 amide bonds. The first-order chi connectivity index (χ1) is 28.7. The highest BCUT2D eigenvalue weighted by Crippen LogP contribution is 2.50. The number of hydroxylamine groups is 2. The van der Waals surface area contributed by atoms with E-state index in [0.717, 1.165) is 22.0 Å². The zero-order valence-electron chi connectivity index (χ0n) is 34.3. The first-order valence-corrected chi connectivity index (χ1v) is 22.3. The second-order valence-electron chi connectivity index (χ2n) is 17.3. The Balaban J connectivity index is 1.25. The molecule has 4 heterocycles. The van der Waals surface area contributed by atoms with Crippen LogP contribution in [0, 0.1) is 11.6 Å². The Hall–Kier alpha value is -5.47. The van der Waals surface area contributed by atoms with Crippen molar-refractivity contribution in [1.82, 2.24) is 14.5 Å². The van der Waals surface area contributed by atoms with E-state index in [1.165, 1.54) is 18.3 Å². The second kappa shape index (κ2) is 16.2. The van der Waals surface area contributed by atoms with Gasteiger partial charge in [0, 0.05) is 36.8 Å². The maximum Gasteiger partial charge on any atom is 0.274 e. The second-order valence-corrected chi connectivity index (χ2v) is 21.6. The van der Waals surface area contributed by atoms with E-state index >= 15 is 4.39 Å². The number of fused-ring (bicyclic) bond motifs is 5. The van der Waals surface area contributed by atoms with Gasteiger partial charge in [-0.1, -0.05) is 118 Å². The fraction of sp³-hybridized carbons (Fsp3) is 0.340. The Morgan fingerprint density at radius 3 is 2.17 bits per heavy atom. The minimum Gasteiger partial charge on any atom is -0.483 e. The summed E-state index contributed by atoms with van der Waals surface area (Å²) in [6.07, 6.45) is 2.76. The molecule has 312 valence electrons. The molecule has 4 aromatic carbocycles. The number of hydrogen-bond acceptors (Lipinski definition) is 7. The summed E-state index contributed by atoms with van der Waals surface area (Å²) in [4.78, 5) is 50.3. The van der Waals surface area contributed by atoms with Gasteiger partial charge in [0.15, 0.2) is 11.4 Å². The summed E-state index contributed by atoms with van der Waals surface area (Å²) in [6.45, 7) is 8.90. The molecule has 0 saturated carbocycles. The summed E-state index contributed by atoms with van der Waals surface area (Å²) in [5, 5.41) is 3.60. The summed E-state index contributed by atoms with van der Waals surface area (Å²) >= 11 is 0. The zero-order chi connectivity index (χ0) is 42.4. The van der Waals surface area contributed by atoms with E-state index in [-0.39, 0.29) is 60.0 Å². The number of ether oxygens (including phenoxy) is 1. The van der Waals surface area contributed by atoms with E-state index < -0.39 is 54.9 Å². The highest BCUT2D eigenvalue weighted by molar-refractivity contribution is 6.99. The summed E-state index contributed by atoms with van der Waals surface area (Å²) in [6, 6.07) is 31.9. The molecule has 3 aliphatic heterocycles. The number of primary amides is 1. The molecule has 5 aromatic rings. The van der Waals surface area contributed by atoms with Crippen LogP contribution in [0.1, 0.15) is 85.0 Å². The molecule has 1 aromatic heterocycles. The van der Waals surface area contributed by atoms with E-state index in [9.17, 15) is 18.8 Å². The topological polar surface area (TPSA) is 116 Å². The number of carbonyl (C=O) groups is 2. The quantitative estimate of drug-likeness (QED) is 0.151. The average Bonchev–Trinajstić information content (AvgIpc) is 3.53. The summed E-state index contributed by atoms with van der Waals surface area (Å²) in [5.74, 6) is -3.00. The Morgan fingerprint density at radius 2 is 1.57 bits per heavy atom. The Labute approximate surface area is 349 Å². The number of halogens is 2. The monoisotopic (exact) mass is 832 g/mol. The lowest BCUT2D eigenvalue weighted by Crippen LogP contribution is -2.67. The van der Waals surface area contributed by atoms with Crippen LogP contribution in [-0.4, -0.2) is 65.5 Å². The van der Waals surface area contributed by atoms with Crippen LogP contribution in [0.25, 0.3) is 0 Å². The first-order valence-electron chi connectivity index (χ1n) is 20.4. The SMILES string of the molecule is C[C@H]1CC[C@@]2(CC(CO[Si](c3ccccc3)(c3ccccc3)C(C)(C)C)N(Cc3ccc(F)cc3F)O2)[C@H]2CN1C(=O)c1c(OCc3ccccc3)c(=O)c(C(N)=O)cn12. The van der Waals surface area contributed by atoms with Gasteiger partial charge in [0.2, 0.25) is 5.43 Å². The fourth-order valence-corrected chi connectivity index (χ4v) is 14.1. The molecular weight excluding hydrogens is 783 g/mol. The zero-order valence-corrected chi connectivity index (χ0v) is 35.3.